The number of halogens is 7. The largest absolute Gasteiger partial charge is 0.420 e. The molecule has 6 N–H and O–H groups in total. The summed E-state index contributed by atoms with van der Waals surface area (Å²) < 4.78 is 101. The van der Waals surface area contributed by atoms with E-state index in [2.05, 4.69) is 15.8 Å². The first-order valence-corrected chi connectivity index (χ1v) is 10.4. The van der Waals surface area contributed by atoms with Gasteiger partial charge in [0.05, 0.1) is 11.1 Å². The number of amides is 1. The Morgan fingerprint density at radius 3 is 2.21 bits per heavy atom. The molecule has 0 fully saturated rings. The number of carbonyl (C=O) groups is 1. The number of hydrogen-bond acceptors (Lipinski definition) is 7. The molecule has 1 heterocycles. The van der Waals surface area contributed by atoms with Crippen LogP contribution in [0.25, 0.3) is 5.57 Å². The van der Waals surface area contributed by atoms with Crippen molar-refractivity contribution in [2.24, 2.45) is 16.5 Å². The normalized spacial score (nSPS) is 14.4. The van der Waals surface area contributed by atoms with E-state index < -0.39 is 52.3 Å². The van der Waals surface area contributed by atoms with E-state index in [1.54, 1.807) is 0 Å². The number of aliphatic imine (C=N–C) groups is 1. The van der Waals surface area contributed by atoms with Crippen LogP contribution in [0.15, 0.2) is 71.4 Å². The Kier molecular flexibility index (Phi) is 7.88. The van der Waals surface area contributed by atoms with Crippen LogP contribution in [0.4, 0.5) is 41.2 Å². The lowest BCUT2D eigenvalue weighted by Crippen LogP contribution is -2.35. The first kappa shape index (κ1) is 27.9. The molecule has 3 rings (SSSR count). The highest BCUT2D eigenvalue weighted by molar-refractivity contribution is 6.11. The summed E-state index contributed by atoms with van der Waals surface area (Å²) in [6.07, 6.45) is -7.66. The van der Waals surface area contributed by atoms with Crippen LogP contribution in [0.3, 0.4) is 0 Å². The molecular formula is C23H19F7N6O2. The maximum absolute atomic E-state index is 14.0. The quantitative estimate of drug-likeness (QED) is 0.323. The van der Waals surface area contributed by atoms with Crippen molar-refractivity contribution in [1.29, 1.82) is 0 Å². The molecule has 38 heavy (non-hydrogen) atoms. The van der Waals surface area contributed by atoms with E-state index in [4.69, 9.17) is 16.2 Å². The number of carbonyl (C=O) groups excluding carboxylic acids is 1. The number of nitrogens with two attached hydrogens (primary N) is 2. The van der Waals surface area contributed by atoms with Crippen molar-refractivity contribution in [1.82, 2.24) is 10.9 Å². The van der Waals surface area contributed by atoms with E-state index in [9.17, 15) is 35.5 Å². The second kappa shape index (κ2) is 10.7. The monoisotopic (exact) mass is 544 g/mol. The predicted molar refractivity (Wildman–Crippen MR) is 125 cm³/mol. The van der Waals surface area contributed by atoms with Crippen molar-refractivity contribution < 1.29 is 40.3 Å². The molecule has 202 valence electrons. The maximum Gasteiger partial charge on any atom is 0.420 e. The molecule has 0 aliphatic carbocycles. The molecule has 0 radical (unpaired) electrons. The number of nitrogens with zero attached hydrogens (tertiary/aromatic N) is 2. The number of hydrogen-bond donors (Lipinski definition) is 4. The Morgan fingerprint density at radius 1 is 1.03 bits per heavy atom. The van der Waals surface area contributed by atoms with Gasteiger partial charge >= 0.3 is 18.4 Å². The van der Waals surface area contributed by atoms with E-state index >= 15 is 0 Å². The minimum Gasteiger partial charge on any atom is -0.409 e. The number of hydrazine groups is 1. The Labute approximate surface area is 210 Å². The zero-order valence-corrected chi connectivity index (χ0v) is 19.3. The molecule has 0 atom stereocenters. The SMILES string of the molecule is CN(C(=O)Oc1c(C(C=NC2=CC=C(N)NN2)=CN)cc(C(F)(F)F)cc1C(F)(F)F)c1ccc(F)cc1. The Hall–Kier alpha value is -4.69. The van der Waals surface area contributed by atoms with E-state index in [0.29, 0.717) is 12.3 Å². The first-order valence-electron chi connectivity index (χ1n) is 10.4. The maximum atomic E-state index is 14.0. The molecule has 2 aromatic carbocycles. The lowest BCUT2D eigenvalue weighted by Gasteiger charge is -2.22. The zero-order valence-electron chi connectivity index (χ0n) is 19.3. The first-order chi connectivity index (χ1) is 17.7. The van der Waals surface area contributed by atoms with Crippen LogP contribution in [0.1, 0.15) is 16.7 Å². The number of nitrogens with one attached hydrogen (secondary N) is 2. The van der Waals surface area contributed by atoms with E-state index in [-0.39, 0.29) is 23.4 Å². The average molecular weight is 544 g/mol. The van der Waals surface area contributed by atoms with Gasteiger partial charge in [0.15, 0.2) is 5.75 Å². The molecule has 0 saturated heterocycles. The predicted octanol–water partition coefficient (Wildman–Crippen LogP) is 4.62. The van der Waals surface area contributed by atoms with E-state index in [1.165, 1.54) is 12.2 Å². The van der Waals surface area contributed by atoms with Crippen LogP contribution in [0.2, 0.25) is 0 Å². The Bertz CT molecular complexity index is 1330. The van der Waals surface area contributed by atoms with Gasteiger partial charge in [-0.2, -0.15) is 26.3 Å². The van der Waals surface area contributed by atoms with Gasteiger partial charge in [0, 0.05) is 36.3 Å². The van der Waals surface area contributed by atoms with Gasteiger partial charge in [-0.1, -0.05) is 0 Å². The molecular weight excluding hydrogens is 525 g/mol. The van der Waals surface area contributed by atoms with Gasteiger partial charge < -0.3 is 16.2 Å². The molecule has 1 amide bonds. The molecule has 15 heteroatoms. The van der Waals surface area contributed by atoms with Crippen LogP contribution in [-0.4, -0.2) is 19.4 Å². The van der Waals surface area contributed by atoms with E-state index in [1.807, 2.05) is 0 Å². The van der Waals surface area contributed by atoms with Crippen LogP contribution >= 0.6 is 0 Å². The molecule has 0 saturated carbocycles. The highest BCUT2D eigenvalue weighted by Gasteiger charge is 2.41. The third kappa shape index (κ3) is 6.54. The summed E-state index contributed by atoms with van der Waals surface area (Å²) in [6, 6.07) is 4.43. The van der Waals surface area contributed by atoms with Crippen LogP contribution < -0.4 is 32.0 Å². The van der Waals surface area contributed by atoms with Gasteiger partial charge in [0.2, 0.25) is 0 Å². The van der Waals surface area contributed by atoms with Gasteiger partial charge in [-0.25, -0.2) is 14.2 Å². The summed E-state index contributed by atoms with van der Waals surface area (Å²) in [5, 5.41) is 0. The highest BCUT2D eigenvalue weighted by Crippen LogP contribution is 2.44. The molecule has 1 aliphatic heterocycles. The van der Waals surface area contributed by atoms with Crippen LogP contribution in [-0.2, 0) is 12.4 Å². The second-order valence-electron chi connectivity index (χ2n) is 7.60. The average Bonchev–Trinajstić information content (AvgIpc) is 2.84. The third-order valence-electron chi connectivity index (χ3n) is 4.99. The second-order valence-corrected chi connectivity index (χ2v) is 7.60. The number of benzene rings is 2. The standard InChI is InChI=1S/C23H19F7N6O2/c1-36(15-4-2-14(24)3-5-15)21(37)38-20-16(8-13(22(25,26)27)9-17(20)23(28,29)30)12(10-31)11-33-19-7-6-18(32)34-35-19/h2-11,34-35H,31-32H2,1H3. The molecule has 0 spiro atoms. The van der Waals surface area contributed by atoms with Gasteiger partial charge in [0.25, 0.3) is 0 Å². The summed E-state index contributed by atoms with van der Waals surface area (Å²) in [6.45, 7) is 0. The molecule has 0 bridgehead atoms. The number of ether oxygens (including phenoxy) is 1. The van der Waals surface area contributed by atoms with Gasteiger partial charge in [-0.15, -0.1) is 0 Å². The molecule has 0 unspecified atom stereocenters. The molecule has 0 aromatic heterocycles. The van der Waals surface area contributed by atoms with Crippen molar-refractivity contribution in [3.05, 3.63) is 88.9 Å². The number of anilines is 1. The summed E-state index contributed by atoms with van der Waals surface area (Å²) in [7, 11) is 1.11. The summed E-state index contributed by atoms with van der Waals surface area (Å²) in [4.78, 5) is 17.4. The van der Waals surface area contributed by atoms with Crippen LogP contribution in [0.5, 0.6) is 5.75 Å². The van der Waals surface area contributed by atoms with Crippen LogP contribution in [0, 0.1) is 5.82 Å². The van der Waals surface area contributed by atoms with Crippen molar-refractivity contribution in [3.8, 4) is 5.75 Å². The summed E-state index contributed by atoms with van der Waals surface area (Å²) >= 11 is 0. The molecule has 8 nitrogen and oxygen atoms in total. The lowest BCUT2D eigenvalue weighted by molar-refractivity contribution is -0.143. The summed E-state index contributed by atoms with van der Waals surface area (Å²) in [5.41, 5.74) is 11.3. The van der Waals surface area contributed by atoms with Gasteiger partial charge in [0.1, 0.15) is 17.5 Å². The number of rotatable bonds is 5. The number of allylic oxidation sites excluding steroid dienone is 3. The topological polar surface area (TPSA) is 118 Å². The lowest BCUT2D eigenvalue weighted by atomic mass is 9.98. The van der Waals surface area contributed by atoms with Crippen molar-refractivity contribution >= 4 is 23.6 Å². The highest BCUT2D eigenvalue weighted by atomic mass is 19.4. The van der Waals surface area contributed by atoms with Crippen molar-refractivity contribution in [3.63, 3.8) is 0 Å². The molecule has 1 aliphatic rings. The van der Waals surface area contributed by atoms with Crippen molar-refractivity contribution in [2.45, 2.75) is 12.4 Å². The van der Waals surface area contributed by atoms with Gasteiger partial charge in [-0.05, 0) is 48.6 Å². The smallest absolute Gasteiger partial charge is 0.409 e. The zero-order chi connectivity index (χ0) is 28.3. The fraction of sp³-hybridized carbons (Fsp3) is 0.130. The minimum atomic E-state index is -5.38. The molecule has 2 aromatic rings. The fourth-order valence-corrected chi connectivity index (χ4v) is 3.06. The third-order valence-corrected chi connectivity index (χ3v) is 4.99. The fourth-order valence-electron chi connectivity index (χ4n) is 3.06. The Morgan fingerprint density at radius 2 is 1.68 bits per heavy atom. The van der Waals surface area contributed by atoms with E-state index in [0.717, 1.165) is 42.4 Å². The van der Waals surface area contributed by atoms with Crippen molar-refractivity contribution in [2.75, 3.05) is 11.9 Å². The Balaban J connectivity index is 2.14. The number of alkyl halides is 6. The summed E-state index contributed by atoms with van der Waals surface area (Å²) in [5.74, 6) is -1.60. The minimum absolute atomic E-state index is 0.0321. The van der Waals surface area contributed by atoms with Gasteiger partial charge in [-0.3, -0.25) is 15.8 Å².